The van der Waals surface area contributed by atoms with Gasteiger partial charge in [-0.25, -0.2) is 4.79 Å². The molecule has 0 radical (unpaired) electrons. The maximum absolute atomic E-state index is 12.0. The molecule has 0 aromatic heterocycles. The minimum absolute atomic E-state index is 0.174. The first-order valence-corrected chi connectivity index (χ1v) is 7.45. The zero-order valence-corrected chi connectivity index (χ0v) is 12.7. The second-order valence-electron chi connectivity index (χ2n) is 5.68. The lowest BCUT2D eigenvalue weighted by Gasteiger charge is -2.28. The summed E-state index contributed by atoms with van der Waals surface area (Å²) in [6.07, 6.45) is 3.81. The van der Waals surface area contributed by atoms with Crippen LogP contribution in [0.4, 0.5) is 10.5 Å². The number of carbonyl (C=O) groups is 1. The molecular weight excluding hydrogens is 268 g/mol. The number of ether oxygens (including phenoxy) is 1. The number of aryl methyl sites for hydroxylation is 1. The second-order valence-corrected chi connectivity index (χ2v) is 5.68. The van der Waals surface area contributed by atoms with Gasteiger partial charge in [0, 0.05) is 18.3 Å². The highest BCUT2D eigenvalue weighted by atomic mass is 16.5. The van der Waals surface area contributed by atoms with E-state index in [2.05, 4.69) is 10.6 Å². The van der Waals surface area contributed by atoms with Gasteiger partial charge >= 0.3 is 6.03 Å². The number of amides is 2. The second kappa shape index (κ2) is 7.31. The van der Waals surface area contributed by atoms with Crippen molar-refractivity contribution in [2.75, 3.05) is 19.0 Å². The Morgan fingerprint density at radius 2 is 2.05 bits per heavy atom. The Morgan fingerprint density at radius 3 is 2.62 bits per heavy atom. The predicted octanol–water partition coefficient (Wildman–Crippen LogP) is 2.68. The first kappa shape index (κ1) is 15.6. The topological polar surface area (TPSA) is 70.6 Å². The highest BCUT2D eigenvalue weighted by molar-refractivity contribution is 5.89. The van der Waals surface area contributed by atoms with Crippen LogP contribution >= 0.6 is 0 Å². The maximum Gasteiger partial charge on any atom is 0.319 e. The van der Waals surface area contributed by atoms with E-state index in [1.165, 1.54) is 0 Å². The number of carbonyl (C=O) groups excluding carboxylic acids is 1. The van der Waals surface area contributed by atoms with Gasteiger partial charge in [-0.3, -0.25) is 0 Å². The number of benzene rings is 1. The zero-order valence-electron chi connectivity index (χ0n) is 12.7. The van der Waals surface area contributed by atoms with E-state index in [0.29, 0.717) is 5.92 Å². The van der Waals surface area contributed by atoms with Crippen molar-refractivity contribution in [1.82, 2.24) is 5.32 Å². The fourth-order valence-electron chi connectivity index (χ4n) is 2.80. The molecule has 0 atom stereocenters. The molecular formula is C16H24N2O3. The number of anilines is 1. The number of urea groups is 1. The first-order chi connectivity index (χ1) is 10.1. The third kappa shape index (κ3) is 4.36. The molecule has 1 aliphatic rings. The largest absolute Gasteiger partial charge is 0.496 e. The zero-order chi connectivity index (χ0) is 15.2. The standard InChI is InChI=1S/C16H24N2O3/c1-11-9-14(7-8-15(11)21-2)18-16(20)17-13-5-3-12(10-19)4-6-13/h7-9,12-13,19H,3-6,10H2,1-2H3,(H2,17,18,20). The molecule has 1 aromatic rings. The van der Waals surface area contributed by atoms with Crippen molar-refractivity contribution in [1.29, 1.82) is 0 Å². The molecule has 5 heteroatoms. The molecule has 1 saturated carbocycles. The van der Waals surface area contributed by atoms with E-state index in [0.717, 1.165) is 42.7 Å². The van der Waals surface area contributed by atoms with Gasteiger partial charge in [-0.1, -0.05) is 0 Å². The molecule has 0 heterocycles. The number of rotatable bonds is 4. The van der Waals surface area contributed by atoms with Crippen molar-refractivity contribution in [3.8, 4) is 5.75 Å². The summed E-state index contributed by atoms with van der Waals surface area (Å²) in [6, 6.07) is 5.59. The SMILES string of the molecule is COc1ccc(NC(=O)NC2CCC(CO)CC2)cc1C. The summed E-state index contributed by atoms with van der Waals surface area (Å²) in [5.41, 5.74) is 1.74. The van der Waals surface area contributed by atoms with Gasteiger partial charge in [0.2, 0.25) is 0 Å². The first-order valence-electron chi connectivity index (χ1n) is 7.45. The number of nitrogens with one attached hydrogen (secondary N) is 2. The predicted molar refractivity (Wildman–Crippen MR) is 82.7 cm³/mol. The van der Waals surface area contributed by atoms with E-state index in [1.54, 1.807) is 7.11 Å². The van der Waals surface area contributed by atoms with Crippen LogP contribution in [0.15, 0.2) is 18.2 Å². The van der Waals surface area contributed by atoms with Crippen molar-refractivity contribution in [3.63, 3.8) is 0 Å². The van der Waals surface area contributed by atoms with E-state index >= 15 is 0 Å². The summed E-state index contributed by atoms with van der Waals surface area (Å²) < 4.78 is 5.20. The summed E-state index contributed by atoms with van der Waals surface area (Å²) in [6.45, 7) is 2.20. The van der Waals surface area contributed by atoms with Gasteiger partial charge in [0.05, 0.1) is 7.11 Å². The molecule has 0 bridgehead atoms. The Balaban J connectivity index is 1.83. The molecule has 0 spiro atoms. The Labute approximate surface area is 125 Å². The van der Waals surface area contributed by atoms with Crippen molar-refractivity contribution < 1.29 is 14.6 Å². The molecule has 0 saturated heterocycles. The molecule has 2 rings (SSSR count). The molecule has 0 unspecified atom stereocenters. The van der Waals surface area contributed by atoms with Gasteiger partial charge in [-0.2, -0.15) is 0 Å². The molecule has 3 N–H and O–H groups in total. The smallest absolute Gasteiger partial charge is 0.319 e. The van der Waals surface area contributed by atoms with Crippen LogP contribution in [0.25, 0.3) is 0 Å². The van der Waals surface area contributed by atoms with Crippen molar-refractivity contribution in [2.24, 2.45) is 5.92 Å². The third-order valence-electron chi connectivity index (χ3n) is 4.09. The van der Waals surface area contributed by atoms with Crippen molar-refractivity contribution in [2.45, 2.75) is 38.6 Å². The van der Waals surface area contributed by atoms with Crippen LogP contribution in [-0.2, 0) is 0 Å². The molecule has 0 aliphatic heterocycles. The van der Waals surface area contributed by atoms with Gasteiger partial charge < -0.3 is 20.5 Å². The van der Waals surface area contributed by atoms with Gasteiger partial charge in [-0.15, -0.1) is 0 Å². The number of aliphatic hydroxyl groups excluding tert-OH is 1. The fourth-order valence-corrected chi connectivity index (χ4v) is 2.80. The van der Waals surface area contributed by atoms with E-state index in [1.807, 2.05) is 25.1 Å². The molecule has 1 aromatic carbocycles. The van der Waals surface area contributed by atoms with Gasteiger partial charge in [0.15, 0.2) is 0 Å². The van der Waals surface area contributed by atoms with Crippen LogP contribution in [0.5, 0.6) is 5.75 Å². The minimum Gasteiger partial charge on any atom is -0.496 e. The summed E-state index contributed by atoms with van der Waals surface area (Å²) >= 11 is 0. The maximum atomic E-state index is 12.0. The molecule has 2 amide bonds. The lowest BCUT2D eigenvalue weighted by molar-refractivity contribution is 0.176. The average Bonchev–Trinajstić information content (AvgIpc) is 2.48. The monoisotopic (exact) mass is 292 g/mol. The Bertz CT molecular complexity index is 482. The van der Waals surface area contributed by atoms with Gasteiger partial charge in [0.1, 0.15) is 5.75 Å². The van der Waals surface area contributed by atoms with Crippen LogP contribution in [0, 0.1) is 12.8 Å². The summed E-state index contributed by atoms with van der Waals surface area (Å²) in [4.78, 5) is 12.0. The van der Waals surface area contributed by atoms with E-state index < -0.39 is 0 Å². The van der Waals surface area contributed by atoms with Crippen molar-refractivity contribution in [3.05, 3.63) is 23.8 Å². The molecule has 1 fully saturated rings. The van der Waals surface area contributed by atoms with Crippen LogP contribution < -0.4 is 15.4 Å². The summed E-state index contributed by atoms with van der Waals surface area (Å²) in [5.74, 6) is 1.21. The Kier molecular flexibility index (Phi) is 5.44. The fraction of sp³-hybridized carbons (Fsp3) is 0.562. The Morgan fingerprint density at radius 1 is 1.33 bits per heavy atom. The lowest BCUT2D eigenvalue weighted by atomic mass is 9.87. The van der Waals surface area contributed by atoms with Crippen LogP contribution in [0.3, 0.4) is 0 Å². The lowest BCUT2D eigenvalue weighted by Crippen LogP contribution is -2.40. The molecule has 116 valence electrons. The van der Waals surface area contributed by atoms with E-state index in [9.17, 15) is 4.79 Å². The normalized spacial score (nSPS) is 21.7. The summed E-state index contributed by atoms with van der Waals surface area (Å²) in [5, 5.41) is 15.0. The number of hydrogen-bond acceptors (Lipinski definition) is 3. The van der Waals surface area contributed by atoms with Crippen LogP contribution in [0.2, 0.25) is 0 Å². The quantitative estimate of drug-likeness (QED) is 0.799. The number of methoxy groups -OCH3 is 1. The Hall–Kier alpha value is -1.75. The van der Waals surface area contributed by atoms with Gasteiger partial charge in [0.25, 0.3) is 0 Å². The highest BCUT2D eigenvalue weighted by Crippen LogP contribution is 2.24. The number of aliphatic hydroxyl groups is 1. The number of hydrogen-bond donors (Lipinski definition) is 3. The highest BCUT2D eigenvalue weighted by Gasteiger charge is 2.21. The van der Waals surface area contributed by atoms with E-state index in [4.69, 9.17) is 9.84 Å². The van der Waals surface area contributed by atoms with Crippen LogP contribution in [-0.4, -0.2) is 30.9 Å². The molecule has 21 heavy (non-hydrogen) atoms. The van der Waals surface area contributed by atoms with Crippen LogP contribution in [0.1, 0.15) is 31.2 Å². The third-order valence-corrected chi connectivity index (χ3v) is 4.09. The summed E-state index contributed by atoms with van der Waals surface area (Å²) in [7, 11) is 1.63. The van der Waals surface area contributed by atoms with Gasteiger partial charge in [-0.05, 0) is 62.3 Å². The van der Waals surface area contributed by atoms with Crippen molar-refractivity contribution >= 4 is 11.7 Å². The van der Waals surface area contributed by atoms with E-state index in [-0.39, 0.29) is 18.7 Å². The molecule has 1 aliphatic carbocycles. The average molecular weight is 292 g/mol. The minimum atomic E-state index is -0.174. The molecule has 5 nitrogen and oxygen atoms in total.